The van der Waals surface area contributed by atoms with Crippen molar-refractivity contribution >= 4 is 55.1 Å². The lowest BCUT2D eigenvalue weighted by Gasteiger charge is -2.22. The van der Waals surface area contributed by atoms with Crippen molar-refractivity contribution < 1.29 is 13.2 Å². The summed E-state index contributed by atoms with van der Waals surface area (Å²) in [5.74, 6) is -0.411. The lowest BCUT2D eigenvalue weighted by atomic mass is 10.1. The second-order valence-corrected chi connectivity index (χ2v) is 9.52. The molecule has 0 aliphatic carbocycles. The third-order valence-corrected chi connectivity index (χ3v) is 7.04. The monoisotopic (exact) mass is 492 g/mol. The van der Waals surface area contributed by atoms with Gasteiger partial charge in [0.1, 0.15) is 4.90 Å². The van der Waals surface area contributed by atoms with Gasteiger partial charge in [0, 0.05) is 16.0 Å². The molecule has 0 fully saturated rings. The van der Waals surface area contributed by atoms with E-state index in [2.05, 4.69) is 21.2 Å². The van der Waals surface area contributed by atoms with Gasteiger partial charge in [0.2, 0.25) is 15.9 Å². The van der Waals surface area contributed by atoms with Crippen LogP contribution in [0.4, 0.5) is 0 Å². The van der Waals surface area contributed by atoms with Gasteiger partial charge < -0.3 is 5.32 Å². The van der Waals surface area contributed by atoms with E-state index in [1.54, 1.807) is 6.92 Å². The highest BCUT2D eigenvalue weighted by Gasteiger charge is 2.28. The van der Waals surface area contributed by atoms with E-state index in [0.717, 1.165) is 14.3 Å². The molecule has 2 aromatic carbocycles. The zero-order valence-electron chi connectivity index (χ0n) is 14.7. The van der Waals surface area contributed by atoms with Crippen LogP contribution in [-0.2, 0) is 14.8 Å². The van der Waals surface area contributed by atoms with E-state index in [9.17, 15) is 13.2 Å². The molecule has 5 nitrogen and oxygen atoms in total. The number of sulfonamides is 1. The van der Waals surface area contributed by atoms with Crippen molar-refractivity contribution in [2.24, 2.45) is 0 Å². The molecular formula is C18H19BrCl2N2O3S. The number of hydrogen-bond donors (Lipinski definition) is 1. The molecule has 1 N–H and O–H groups in total. The van der Waals surface area contributed by atoms with Crippen LogP contribution in [0.3, 0.4) is 0 Å². The number of halogens is 3. The van der Waals surface area contributed by atoms with E-state index in [1.807, 2.05) is 31.2 Å². The number of amides is 1. The molecule has 2 aromatic rings. The molecule has 146 valence electrons. The van der Waals surface area contributed by atoms with E-state index in [-0.39, 0.29) is 34.1 Å². The maximum absolute atomic E-state index is 12.9. The van der Waals surface area contributed by atoms with Gasteiger partial charge in [-0.1, -0.05) is 58.2 Å². The number of likely N-dealkylation sites (N-methyl/N-ethyl adjacent to an activating group) is 1. The van der Waals surface area contributed by atoms with Crippen LogP contribution in [-0.4, -0.2) is 31.7 Å². The number of nitrogens with one attached hydrogen (secondary N) is 1. The van der Waals surface area contributed by atoms with Crippen molar-refractivity contribution in [3.8, 4) is 0 Å². The molecule has 1 atom stereocenters. The first kappa shape index (κ1) is 22.2. The molecule has 1 unspecified atom stereocenters. The number of hydrogen-bond acceptors (Lipinski definition) is 3. The van der Waals surface area contributed by atoms with Gasteiger partial charge in [0.05, 0.1) is 17.6 Å². The average molecular weight is 494 g/mol. The average Bonchev–Trinajstić information content (AvgIpc) is 2.61. The lowest BCUT2D eigenvalue weighted by Crippen LogP contribution is -2.41. The summed E-state index contributed by atoms with van der Waals surface area (Å²) in [7, 11) is -3.96. The van der Waals surface area contributed by atoms with Gasteiger partial charge in [-0.25, -0.2) is 8.42 Å². The molecule has 0 saturated heterocycles. The fraction of sp³-hybridized carbons (Fsp3) is 0.278. The summed E-state index contributed by atoms with van der Waals surface area (Å²) in [6.07, 6.45) is 0. The molecule has 27 heavy (non-hydrogen) atoms. The van der Waals surface area contributed by atoms with Crippen LogP contribution in [0, 0.1) is 0 Å². The first-order valence-corrected chi connectivity index (χ1v) is 11.1. The first-order chi connectivity index (χ1) is 12.6. The Morgan fingerprint density at radius 2 is 1.93 bits per heavy atom. The summed E-state index contributed by atoms with van der Waals surface area (Å²) >= 11 is 15.3. The summed E-state index contributed by atoms with van der Waals surface area (Å²) in [4.78, 5) is 12.3. The summed E-state index contributed by atoms with van der Waals surface area (Å²) in [6, 6.07) is 11.5. The smallest absolute Gasteiger partial charge is 0.245 e. The molecule has 0 aliphatic rings. The van der Waals surface area contributed by atoms with E-state index in [4.69, 9.17) is 23.2 Å². The standard InChI is InChI=1S/C18H19BrCl2N2O3S/c1-3-23(27(25,26)17-10-15(20)7-8-16(17)21)11-18(24)22-12(2)13-5-4-6-14(19)9-13/h4-10,12H,3,11H2,1-2H3,(H,22,24). The first-order valence-electron chi connectivity index (χ1n) is 8.15. The number of carbonyl (C=O) groups is 1. The van der Waals surface area contributed by atoms with Gasteiger partial charge in [-0.15, -0.1) is 0 Å². The van der Waals surface area contributed by atoms with Gasteiger partial charge >= 0.3 is 0 Å². The molecule has 9 heteroatoms. The third kappa shape index (κ3) is 5.68. The second-order valence-electron chi connectivity index (χ2n) is 5.85. The quantitative estimate of drug-likeness (QED) is 0.610. The summed E-state index contributed by atoms with van der Waals surface area (Å²) < 4.78 is 27.7. The van der Waals surface area contributed by atoms with Crippen LogP contribution in [0.15, 0.2) is 51.8 Å². The maximum Gasteiger partial charge on any atom is 0.245 e. The normalized spacial score (nSPS) is 12.8. The Balaban J connectivity index is 2.15. The Morgan fingerprint density at radius 1 is 1.22 bits per heavy atom. The van der Waals surface area contributed by atoms with Crippen molar-refractivity contribution in [3.05, 3.63) is 62.5 Å². The van der Waals surface area contributed by atoms with Gasteiger partial charge in [-0.2, -0.15) is 4.31 Å². The van der Waals surface area contributed by atoms with Crippen molar-refractivity contribution in [1.82, 2.24) is 9.62 Å². The molecule has 0 bridgehead atoms. The van der Waals surface area contributed by atoms with Crippen LogP contribution in [0.5, 0.6) is 0 Å². The van der Waals surface area contributed by atoms with E-state index in [1.165, 1.54) is 18.2 Å². The predicted molar refractivity (Wildman–Crippen MR) is 112 cm³/mol. The van der Waals surface area contributed by atoms with Crippen LogP contribution < -0.4 is 5.32 Å². The summed E-state index contributed by atoms with van der Waals surface area (Å²) in [5.41, 5.74) is 0.904. The Hall–Kier alpha value is -1.12. The number of benzene rings is 2. The molecule has 0 aliphatic heterocycles. The third-order valence-electron chi connectivity index (χ3n) is 3.91. The highest BCUT2D eigenvalue weighted by molar-refractivity contribution is 9.10. The zero-order chi connectivity index (χ0) is 20.2. The maximum atomic E-state index is 12.9. The van der Waals surface area contributed by atoms with Gasteiger partial charge in [-0.05, 0) is 42.8 Å². The Labute approximate surface area is 177 Å². The molecule has 0 aromatic heterocycles. The lowest BCUT2D eigenvalue weighted by molar-refractivity contribution is -0.121. The van der Waals surface area contributed by atoms with Crippen molar-refractivity contribution in [3.63, 3.8) is 0 Å². The number of rotatable bonds is 7. The largest absolute Gasteiger partial charge is 0.348 e. The van der Waals surface area contributed by atoms with Crippen molar-refractivity contribution in [2.75, 3.05) is 13.1 Å². The van der Waals surface area contributed by atoms with E-state index >= 15 is 0 Å². The second kappa shape index (κ2) is 9.39. The number of carbonyl (C=O) groups excluding carboxylic acids is 1. The van der Waals surface area contributed by atoms with Crippen molar-refractivity contribution in [2.45, 2.75) is 24.8 Å². The topological polar surface area (TPSA) is 66.5 Å². The van der Waals surface area contributed by atoms with Gasteiger partial charge in [0.15, 0.2) is 0 Å². The minimum atomic E-state index is -3.96. The van der Waals surface area contributed by atoms with Gasteiger partial charge in [-0.3, -0.25) is 4.79 Å². The molecular weight excluding hydrogens is 475 g/mol. The Bertz CT molecular complexity index is 938. The molecule has 2 rings (SSSR count). The zero-order valence-corrected chi connectivity index (χ0v) is 18.7. The molecule has 0 radical (unpaired) electrons. The predicted octanol–water partition coefficient (Wildman–Crippen LogP) is 4.64. The fourth-order valence-corrected chi connectivity index (χ4v) is 5.05. The molecule has 1 amide bonds. The number of nitrogens with zero attached hydrogens (tertiary/aromatic N) is 1. The molecule has 0 spiro atoms. The molecule has 0 saturated carbocycles. The Morgan fingerprint density at radius 3 is 2.56 bits per heavy atom. The van der Waals surface area contributed by atoms with Crippen molar-refractivity contribution in [1.29, 1.82) is 0 Å². The highest BCUT2D eigenvalue weighted by Crippen LogP contribution is 2.27. The Kier molecular flexibility index (Phi) is 7.71. The van der Waals surface area contributed by atoms with E-state index in [0.29, 0.717) is 0 Å². The highest BCUT2D eigenvalue weighted by atomic mass is 79.9. The SMILES string of the molecule is CCN(CC(=O)NC(C)c1cccc(Br)c1)S(=O)(=O)c1cc(Cl)ccc1Cl. The van der Waals surface area contributed by atoms with Crippen LogP contribution >= 0.6 is 39.1 Å². The summed E-state index contributed by atoms with van der Waals surface area (Å²) in [6.45, 7) is 3.28. The van der Waals surface area contributed by atoms with Crippen LogP contribution in [0.1, 0.15) is 25.5 Å². The van der Waals surface area contributed by atoms with Crippen LogP contribution in [0.2, 0.25) is 10.0 Å². The minimum absolute atomic E-state index is 0.0563. The summed E-state index contributed by atoms with van der Waals surface area (Å²) in [5, 5.41) is 3.12. The molecule has 0 heterocycles. The van der Waals surface area contributed by atoms with Crippen LogP contribution in [0.25, 0.3) is 0 Å². The van der Waals surface area contributed by atoms with E-state index < -0.39 is 15.9 Å². The minimum Gasteiger partial charge on any atom is -0.348 e. The van der Waals surface area contributed by atoms with Gasteiger partial charge in [0.25, 0.3) is 0 Å². The fourth-order valence-electron chi connectivity index (χ4n) is 2.49.